The van der Waals surface area contributed by atoms with Gasteiger partial charge in [0, 0.05) is 6.07 Å². The Bertz CT molecular complexity index is 371. The highest BCUT2D eigenvalue weighted by molar-refractivity contribution is 7.63. The number of ether oxygens (including phenoxy) is 1. The fraction of sp³-hybridized carbons (Fsp3) is 0.364. The average Bonchev–Trinajstić information content (AvgIpc) is 2.25. The molecule has 1 heterocycles. The Kier molecular flexibility index (Phi) is 4.39. The van der Waals surface area contributed by atoms with Crippen molar-refractivity contribution in [1.82, 2.24) is 4.98 Å². The summed E-state index contributed by atoms with van der Waals surface area (Å²) in [5, 5.41) is 3.06. The molecule has 0 aliphatic heterocycles. The van der Waals surface area contributed by atoms with E-state index in [1.165, 1.54) is 0 Å². The summed E-state index contributed by atoms with van der Waals surface area (Å²) in [5.41, 5.74) is 1.92. The van der Waals surface area contributed by atoms with Crippen molar-refractivity contribution in [2.45, 2.75) is 0 Å². The maximum atomic E-state index is 5.27. The maximum absolute atomic E-state index is 5.27. The average molecular weight is 222 g/mol. The van der Waals surface area contributed by atoms with Gasteiger partial charge < -0.3 is 10.1 Å². The highest BCUT2D eigenvalue weighted by atomic mass is 31.1. The molecule has 1 aromatic rings. The van der Waals surface area contributed by atoms with E-state index in [9.17, 15) is 0 Å². The molecule has 0 spiro atoms. The van der Waals surface area contributed by atoms with E-state index < -0.39 is 0 Å². The molecular formula is C11H15N2OP. The van der Waals surface area contributed by atoms with Crippen LogP contribution >= 0.6 is 7.92 Å². The molecular weight excluding hydrogens is 207 g/mol. The topological polar surface area (TPSA) is 34.2 Å². The second-order valence-electron chi connectivity index (χ2n) is 3.19. The third-order valence-corrected chi connectivity index (χ3v) is 3.07. The van der Waals surface area contributed by atoms with Gasteiger partial charge in [-0.25, -0.2) is 0 Å². The molecule has 0 unspecified atom stereocenters. The Labute approximate surface area is 92.0 Å². The Balaban J connectivity index is 2.94. The minimum atomic E-state index is -0.202. The lowest BCUT2D eigenvalue weighted by Crippen LogP contribution is -2.09. The van der Waals surface area contributed by atoms with Crippen LogP contribution in [0.4, 0.5) is 5.69 Å². The zero-order valence-electron chi connectivity index (χ0n) is 9.24. The van der Waals surface area contributed by atoms with Gasteiger partial charge in [-0.2, -0.15) is 0 Å². The molecule has 0 aromatic carbocycles. The van der Waals surface area contributed by atoms with Crippen molar-refractivity contribution >= 4 is 19.0 Å². The van der Waals surface area contributed by atoms with Gasteiger partial charge in [-0.05, 0) is 13.3 Å². The molecule has 1 aromatic heterocycles. The molecule has 3 nitrogen and oxygen atoms in total. The predicted octanol–water partition coefficient (Wildman–Crippen LogP) is 1.50. The van der Waals surface area contributed by atoms with Crippen LogP contribution in [0.1, 0.15) is 0 Å². The van der Waals surface area contributed by atoms with Crippen molar-refractivity contribution < 1.29 is 4.74 Å². The van der Waals surface area contributed by atoms with Crippen LogP contribution in [-0.2, 0) is 0 Å². The Hall–Kier alpha value is -1.26. The molecule has 0 saturated heterocycles. The first kappa shape index (κ1) is 11.8. The van der Waals surface area contributed by atoms with Crippen molar-refractivity contribution in [1.29, 1.82) is 0 Å². The van der Waals surface area contributed by atoms with Crippen LogP contribution < -0.4 is 15.5 Å². The van der Waals surface area contributed by atoms with Crippen molar-refractivity contribution in [3.8, 4) is 18.1 Å². The molecule has 0 amide bonds. The van der Waals surface area contributed by atoms with Gasteiger partial charge in [-0.3, -0.25) is 4.98 Å². The summed E-state index contributed by atoms with van der Waals surface area (Å²) in [6.07, 6.45) is 6.95. The molecule has 0 saturated carbocycles. The third-order valence-electron chi connectivity index (χ3n) is 1.91. The summed E-state index contributed by atoms with van der Waals surface area (Å²) in [7, 11) is 1.44. The van der Waals surface area contributed by atoms with Crippen LogP contribution in [0.15, 0.2) is 12.3 Å². The van der Waals surface area contributed by atoms with E-state index in [0.717, 1.165) is 16.9 Å². The number of hydrogen-bond acceptors (Lipinski definition) is 3. The van der Waals surface area contributed by atoms with E-state index in [0.29, 0.717) is 6.54 Å². The van der Waals surface area contributed by atoms with E-state index in [-0.39, 0.29) is 7.92 Å². The summed E-state index contributed by atoms with van der Waals surface area (Å²) in [5.74, 6) is 3.31. The highest BCUT2D eigenvalue weighted by Crippen LogP contribution is 2.28. The third kappa shape index (κ3) is 3.11. The Morgan fingerprint density at radius 2 is 2.33 bits per heavy atom. The van der Waals surface area contributed by atoms with E-state index in [1.807, 2.05) is 6.07 Å². The molecule has 4 heteroatoms. The summed E-state index contributed by atoms with van der Waals surface area (Å²) in [6, 6.07) is 1.96. The minimum Gasteiger partial charge on any atom is -0.494 e. The van der Waals surface area contributed by atoms with E-state index in [1.54, 1.807) is 13.3 Å². The normalized spacial score (nSPS) is 9.80. The molecule has 0 bridgehead atoms. The number of nitrogens with zero attached hydrogens (tertiary/aromatic N) is 1. The minimum absolute atomic E-state index is 0.202. The summed E-state index contributed by atoms with van der Waals surface area (Å²) >= 11 is 0. The molecule has 0 radical (unpaired) electrons. The van der Waals surface area contributed by atoms with Crippen LogP contribution in [-0.4, -0.2) is 32.0 Å². The second-order valence-corrected chi connectivity index (χ2v) is 5.44. The largest absolute Gasteiger partial charge is 0.494 e. The van der Waals surface area contributed by atoms with Crippen LogP contribution in [0, 0.1) is 12.3 Å². The standard InChI is InChI=1S/C11H15N2OP/c1-5-6-12-9-8-13-11(15(3)4)7-10(9)14-2/h1,7-8,12H,6H2,2-4H3. The van der Waals surface area contributed by atoms with E-state index in [4.69, 9.17) is 11.2 Å². The zero-order valence-corrected chi connectivity index (χ0v) is 10.1. The zero-order chi connectivity index (χ0) is 11.3. The monoisotopic (exact) mass is 222 g/mol. The van der Waals surface area contributed by atoms with Gasteiger partial charge in [-0.1, -0.05) is 13.8 Å². The molecule has 0 aliphatic carbocycles. The summed E-state index contributed by atoms with van der Waals surface area (Å²) in [6.45, 7) is 4.79. The van der Waals surface area contributed by atoms with E-state index in [2.05, 4.69) is 29.6 Å². The van der Waals surface area contributed by atoms with Gasteiger partial charge in [-0.15, -0.1) is 6.42 Å². The number of rotatable bonds is 4. The predicted molar refractivity (Wildman–Crippen MR) is 66.5 cm³/mol. The number of nitrogens with one attached hydrogen (secondary N) is 1. The van der Waals surface area contributed by atoms with Crippen LogP contribution in [0.25, 0.3) is 0 Å². The van der Waals surface area contributed by atoms with Gasteiger partial charge in [0.25, 0.3) is 0 Å². The highest BCUT2D eigenvalue weighted by Gasteiger charge is 2.06. The number of anilines is 1. The molecule has 80 valence electrons. The number of pyridine rings is 1. The first-order valence-electron chi connectivity index (χ1n) is 4.57. The lowest BCUT2D eigenvalue weighted by Gasteiger charge is -2.12. The number of aromatic nitrogens is 1. The smallest absolute Gasteiger partial charge is 0.145 e. The fourth-order valence-electron chi connectivity index (χ4n) is 1.12. The lowest BCUT2D eigenvalue weighted by molar-refractivity contribution is 0.416. The van der Waals surface area contributed by atoms with Gasteiger partial charge in [0.1, 0.15) is 5.75 Å². The molecule has 1 N–H and O–H groups in total. The fourth-order valence-corrected chi connectivity index (χ4v) is 1.78. The molecule has 15 heavy (non-hydrogen) atoms. The van der Waals surface area contributed by atoms with Crippen molar-refractivity contribution in [3.05, 3.63) is 12.3 Å². The second kappa shape index (κ2) is 5.58. The summed E-state index contributed by atoms with van der Waals surface area (Å²) < 4.78 is 5.27. The molecule has 0 aliphatic rings. The molecule has 1 rings (SSSR count). The number of terminal acetylenes is 1. The SMILES string of the molecule is C#CCNc1cnc(P(C)C)cc1OC. The van der Waals surface area contributed by atoms with Gasteiger partial charge in [0.2, 0.25) is 0 Å². The van der Waals surface area contributed by atoms with Crippen LogP contribution in [0.3, 0.4) is 0 Å². The van der Waals surface area contributed by atoms with Crippen LogP contribution in [0.2, 0.25) is 0 Å². The van der Waals surface area contributed by atoms with E-state index >= 15 is 0 Å². The molecule has 0 fully saturated rings. The summed E-state index contributed by atoms with van der Waals surface area (Å²) in [4.78, 5) is 4.36. The van der Waals surface area contributed by atoms with Crippen molar-refractivity contribution in [3.63, 3.8) is 0 Å². The van der Waals surface area contributed by atoms with Gasteiger partial charge in [0.05, 0.1) is 31.0 Å². The quantitative estimate of drug-likeness (QED) is 0.619. The molecule has 0 atom stereocenters. The van der Waals surface area contributed by atoms with Crippen molar-refractivity contribution in [2.24, 2.45) is 0 Å². The lowest BCUT2D eigenvalue weighted by atomic mass is 10.4. The first-order valence-corrected chi connectivity index (χ1v) is 6.81. The van der Waals surface area contributed by atoms with Crippen molar-refractivity contribution in [2.75, 3.05) is 32.3 Å². The Morgan fingerprint density at radius 3 is 2.87 bits per heavy atom. The van der Waals surface area contributed by atoms with Gasteiger partial charge >= 0.3 is 0 Å². The Morgan fingerprint density at radius 1 is 1.60 bits per heavy atom. The first-order chi connectivity index (χ1) is 7.19. The van der Waals surface area contributed by atoms with Gasteiger partial charge in [0.15, 0.2) is 0 Å². The van der Waals surface area contributed by atoms with Crippen LogP contribution in [0.5, 0.6) is 5.75 Å². The maximum Gasteiger partial charge on any atom is 0.145 e. The number of hydrogen-bond donors (Lipinski definition) is 1. The number of methoxy groups -OCH3 is 1.